The molecule has 3 nitrogen and oxygen atoms in total. The van der Waals surface area contributed by atoms with Crippen LogP contribution < -0.4 is 5.32 Å². The quantitative estimate of drug-likeness (QED) is 0.825. The fraction of sp³-hybridized carbons (Fsp3) is 0.333. The molecule has 21 heavy (non-hydrogen) atoms. The van der Waals surface area contributed by atoms with Crippen LogP contribution in [0.3, 0.4) is 0 Å². The van der Waals surface area contributed by atoms with Crippen molar-refractivity contribution in [3.63, 3.8) is 0 Å². The van der Waals surface area contributed by atoms with Gasteiger partial charge in [-0.2, -0.15) is 0 Å². The third-order valence-electron chi connectivity index (χ3n) is 3.94. The van der Waals surface area contributed by atoms with Crippen LogP contribution >= 0.6 is 0 Å². The van der Waals surface area contributed by atoms with E-state index >= 15 is 0 Å². The van der Waals surface area contributed by atoms with Crippen LogP contribution in [0.1, 0.15) is 11.1 Å². The van der Waals surface area contributed by atoms with E-state index in [4.69, 9.17) is 9.47 Å². The van der Waals surface area contributed by atoms with Gasteiger partial charge in [0.25, 0.3) is 0 Å². The van der Waals surface area contributed by atoms with Crippen molar-refractivity contribution in [1.82, 2.24) is 0 Å². The van der Waals surface area contributed by atoms with Gasteiger partial charge in [0.2, 0.25) is 0 Å². The predicted molar refractivity (Wildman–Crippen MR) is 83.1 cm³/mol. The Bertz CT molecular complexity index is 618. The third-order valence-corrected chi connectivity index (χ3v) is 3.94. The van der Waals surface area contributed by atoms with Crippen LogP contribution in [0.2, 0.25) is 0 Å². The first kappa shape index (κ1) is 12.9. The lowest BCUT2D eigenvalue weighted by Gasteiger charge is -2.13. The summed E-state index contributed by atoms with van der Waals surface area (Å²) < 4.78 is 10.7. The van der Waals surface area contributed by atoms with Gasteiger partial charge in [0.05, 0.1) is 25.4 Å². The smallest absolute Gasteiger partial charge is 0.0850 e. The minimum absolute atomic E-state index is 0.397. The molecule has 2 unspecified atom stereocenters. The molecule has 2 atom stereocenters. The standard InChI is InChI=1S/C18H19NO2/c1-2-4-15(5-3-1)19-18-7-6-13(9-16-11-20-16)8-14(18)10-17-12-21-17/h1-8,16-17,19H,9-12H2. The number of ether oxygens (including phenoxy) is 2. The Hall–Kier alpha value is -1.84. The molecule has 2 aliphatic rings. The van der Waals surface area contributed by atoms with E-state index in [0.717, 1.165) is 31.7 Å². The lowest BCUT2D eigenvalue weighted by atomic mass is 10.0. The average Bonchev–Trinajstić information content (AvgIpc) is 3.39. The maximum atomic E-state index is 5.40. The van der Waals surface area contributed by atoms with Gasteiger partial charge in [-0.1, -0.05) is 30.3 Å². The molecule has 0 aliphatic carbocycles. The monoisotopic (exact) mass is 281 g/mol. The molecule has 2 aromatic rings. The summed E-state index contributed by atoms with van der Waals surface area (Å²) >= 11 is 0. The SMILES string of the molecule is c1ccc(Nc2ccc(CC3CO3)cc2CC2CO2)cc1. The molecule has 0 aromatic heterocycles. The third kappa shape index (κ3) is 3.43. The van der Waals surface area contributed by atoms with Crippen molar-refractivity contribution in [3.05, 3.63) is 59.7 Å². The zero-order valence-corrected chi connectivity index (χ0v) is 11.9. The molecule has 108 valence electrons. The highest BCUT2D eigenvalue weighted by Crippen LogP contribution is 2.28. The van der Waals surface area contributed by atoms with Gasteiger partial charge in [0.15, 0.2) is 0 Å². The van der Waals surface area contributed by atoms with Crippen LogP contribution in [0, 0.1) is 0 Å². The number of rotatable bonds is 6. The summed E-state index contributed by atoms with van der Waals surface area (Å²) in [4.78, 5) is 0. The Morgan fingerprint density at radius 3 is 2.33 bits per heavy atom. The first-order valence-electron chi connectivity index (χ1n) is 7.54. The van der Waals surface area contributed by atoms with Crippen molar-refractivity contribution in [1.29, 1.82) is 0 Å². The second-order valence-corrected chi connectivity index (χ2v) is 5.80. The molecule has 2 aromatic carbocycles. The topological polar surface area (TPSA) is 37.1 Å². The first-order valence-corrected chi connectivity index (χ1v) is 7.54. The molecule has 0 saturated carbocycles. The summed E-state index contributed by atoms with van der Waals surface area (Å²) in [5.41, 5.74) is 4.98. The minimum atomic E-state index is 0.397. The number of hydrogen-bond donors (Lipinski definition) is 1. The first-order chi connectivity index (χ1) is 10.4. The Morgan fingerprint density at radius 2 is 1.62 bits per heavy atom. The van der Waals surface area contributed by atoms with E-state index in [1.165, 1.54) is 16.8 Å². The number of epoxide rings is 2. The molecule has 2 fully saturated rings. The Labute approximate surface area is 124 Å². The van der Waals surface area contributed by atoms with Gasteiger partial charge in [-0.25, -0.2) is 0 Å². The van der Waals surface area contributed by atoms with E-state index in [-0.39, 0.29) is 0 Å². The highest BCUT2D eigenvalue weighted by Gasteiger charge is 2.26. The zero-order valence-electron chi connectivity index (χ0n) is 11.9. The van der Waals surface area contributed by atoms with Crippen LogP contribution in [-0.2, 0) is 22.3 Å². The molecule has 0 bridgehead atoms. The Balaban J connectivity index is 1.57. The van der Waals surface area contributed by atoms with E-state index < -0.39 is 0 Å². The van der Waals surface area contributed by atoms with Crippen LogP contribution in [0.15, 0.2) is 48.5 Å². The average molecular weight is 281 g/mol. The van der Waals surface area contributed by atoms with Crippen LogP contribution in [-0.4, -0.2) is 25.4 Å². The van der Waals surface area contributed by atoms with Crippen LogP contribution in [0.5, 0.6) is 0 Å². The Kier molecular flexibility index (Phi) is 3.37. The number of para-hydroxylation sites is 1. The zero-order chi connectivity index (χ0) is 14.1. The van der Waals surface area contributed by atoms with Crippen molar-refractivity contribution >= 4 is 11.4 Å². The lowest BCUT2D eigenvalue weighted by Crippen LogP contribution is -2.02. The van der Waals surface area contributed by atoms with Gasteiger partial charge < -0.3 is 14.8 Å². The van der Waals surface area contributed by atoms with Gasteiger partial charge in [0, 0.05) is 24.2 Å². The minimum Gasteiger partial charge on any atom is -0.373 e. The van der Waals surface area contributed by atoms with Gasteiger partial charge >= 0.3 is 0 Å². The second-order valence-electron chi connectivity index (χ2n) is 5.80. The van der Waals surface area contributed by atoms with Crippen LogP contribution in [0.25, 0.3) is 0 Å². The number of hydrogen-bond acceptors (Lipinski definition) is 3. The van der Waals surface area contributed by atoms with Gasteiger partial charge in [-0.3, -0.25) is 0 Å². The van der Waals surface area contributed by atoms with E-state index in [1.807, 2.05) is 18.2 Å². The van der Waals surface area contributed by atoms with Crippen molar-refractivity contribution in [2.75, 3.05) is 18.5 Å². The maximum absolute atomic E-state index is 5.40. The maximum Gasteiger partial charge on any atom is 0.0850 e. The molecule has 2 heterocycles. The highest BCUT2D eigenvalue weighted by molar-refractivity contribution is 5.64. The van der Waals surface area contributed by atoms with Crippen LogP contribution in [0.4, 0.5) is 11.4 Å². The fourth-order valence-electron chi connectivity index (χ4n) is 2.62. The summed E-state index contributed by atoms with van der Waals surface area (Å²) in [5.74, 6) is 0. The van der Waals surface area contributed by atoms with E-state index in [1.54, 1.807) is 0 Å². The molecule has 2 aliphatic heterocycles. The predicted octanol–water partition coefficient (Wildman–Crippen LogP) is 3.31. The summed E-state index contributed by atoms with van der Waals surface area (Å²) in [7, 11) is 0. The lowest BCUT2D eigenvalue weighted by molar-refractivity contribution is 0.406. The van der Waals surface area contributed by atoms with E-state index in [0.29, 0.717) is 12.2 Å². The molecule has 4 rings (SSSR count). The molecule has 0 spiro atoms. The van der Waals surface area contributed by atoms with Crippen molar-refractivity contribution in [2.24, 2.45) is 0 Å². The highest BCUT2D eigenvalue weighted by atomic mass is 16.6. The number of nitrogens with one attached hydrogen (secondary N) is 1. The van der Waals surface area contributed by atoms with E-state index in [9.17, 15) is 0 Å². The van der Waals surface area contributed by atoms with Gasteiger partial charge in [-0.15, -0.1) is 0 Å². The van der Waals surface area contributed by atoms with Gasteiger partial charge in [0.1, 0.15) is 0 Å². The van der Waals surface area contributed by atoms with Crippen molar-refractivity contribution < 1.29 is 9.47 Å². The molecule has 0 amide bonds. The second kappa shape index (κ2) is 5.51. The Morgan fingerprint density at radius 1 is 0.905 bits per heavy atom. The molecule has 2 saturated heterocycles. The fourth-order valence-corrected chi connectivity index (χ4v) is 2.62. The number of anilines is 2. The summed E-state index contributed by atoms with van der Waals surface area (Å²) in [6, 6.07) is 17.0. The van der Waals surface area contributed by atoms with Gasteiger partial charge in [-0.05, 0) is 29.3 Å². The molecular weight excluding hydrogens is 262 g/mol. The normalized spacial score (nSPS) is 22.9. The largest absolute Gasteiger partial charge is 0.373 e. The van der Waals surface area contributed by atoms with Crippen molar-refractivity contribution in [2.45, 2.75) is 25.0 Å². The molecule has 1 N–H and O–H groups in total. The summed E-state index contributed by atoms with van der Waals surface area (Å²) in [6.07, 6.45) is 2.83. The summed E-state index contributed by atoms with van der Waals surface area (Å²) in [5, 5.41) is 3.52. The van der Waals surface area contributed by atoms with Crippen molar-refractivity contribution in [3.8, 4) is 0 Å². The number of benzene rings is 2. The summed E-state index contributed by atoms with van der Waals surface area (Å²) in [6.45, 7) is 1.80. The molecule has 0 radical (unpaired) electrons. The van der Waals surface area contributed by atoms with E-state index in [2.05, 4.69) is 35.6 Å². The molecule has 3 heteroatoms. The molecular formula is C18H19NO2.